The standard InChI is InChI=1S/C11H9Cl2N3/c1-2-8-9(12)15-11(16-10(8)13)7-4-3-5-14-6-7/h3-6H,2H2,1H3. The van der Waals surface area contributed by atoms with Gasteiger partial charge in [-0.15, -0.1) is 0 Å². The number of halogens is 2. The fourth-order valence-corrected chi connectivity index (χ4v) is 2.00. The Hall–Kier alpha value is -1.19. The van der Waals surface area contributed by atoms with E-state index in [1.807, 2.05) is 19.1 Å². The summed E-state index contributed by atoms with van der Waals surface area (Å²) in [6.45, 7) is 1.96. The Morgan fingerprint density at radius 1 is 1.19 bits per heavy atom. The number of rotatable bonds is 2. The molecule has 0 aliphatic rings. The van der Waals surface area contributed by atoms with Crippen molar-refractivity contribution in [2.45, 2.75) is 13.3 Å². The normalized spacial score (nSPS) is 10.4. The van der Waals surface area contributed by atoms with Crippen LogP contribution in [0.2, 0.25) is 10.3 Å². The molecule has 0 N–H and O–H groups in total. The number of aromatic nitrogens is 3. The SMILES string of the molecule is CCc1c(Cl)nc(-c2cccnc2)nc1Cl. The van der Waals surface area contributed by atoms with Gasteiger partial charge in [-0.3, -0.25) is 4.98 Å². The van der Waals surface area contributed by atoms with Gasteiger partial charge < -0.3 is 0 Å². The second-order valence-corrected chi connectivity index (χ2v) is 3.92. The second kappa shape index (κ2) is 4.76. The fraction of sp³-hybridized carbons (Fsp3) is 0.182. The molecule has 0 saturated heterocycles. The lowest BCUT2D eigenvalue weighted by Crippen LogP contribution is -1.96. The third kappa shape index (κ3) is 2.15. The van der Waals surface area contributed by atoms with E-state index in [1.54, 1.807) is 12.4 Å². The highest BCUT2D eigenvalue weighted by Gasteiger charge is 2.10. The Morgan fingerprint density at radius 2 is 1.88 bits per heavy atom. The summed E-state index contributed by atoms with van der Waals surface area (Å²) in [5.74, 6) is 0.500. The maximum atomic E-state index is 6.03. The molecule has 3 nitrogen and oxygen atoms in total. The molecule has 0 radical (unpaired) electrons. The van der Waals surface area contributed by atoms with Crippen LogP contribution in [0.5, 0.6) is 0 Å². The van der Waals surface area contributed by atoms with Crippen LogP contribution in [-0.2, 0) is 6.42 Å². The molecule has 0 spiro atoms. The van der Waals surface area contributed by atoms with Gasteiger partial charge in [0.05, 0.1) is 0 Å². The summed E-state index contributed by atoms with van der Waals surface area (Å²) < 4.78 is 0. The van der Waals surface area contributed by atoms with Crippen molar-refractivity contribution in [2.75, 3.05) is 0 Å². The zero-order chi connectivity index (χ0) is 11.5. The summed E-state index contributed by atoms with van der Waals surface area (Å²) >= 11 is 12.1. The van der Waals surface area contributed by atoms with Crippen LogP contribution < -0.4 is 0 Å². The second-order valence-electron chi connectivity index (χ2n) is 3.20. The minimum Gasteiger partial charge on any atom is -0.264 e. The molecule has 0 unspecified atom stereocenters. The molecule has 2 heterocycles. The highest BCUT2D eigenvalue weighted by molar-refractivity contribution is 6.34. The zero-order valence-corrected chi connectivity index (χ0v) is 10.1. The summed E-state index contributed by atoms with van der Waals surface area (Å²) in [7, 11) is 0. The first-order valence-electron chi connectivity index (χ1n) is 4.84. The number of pyridine rings is 1. The van der Waals surface area contributed by atoms with Crippen LogP contribution in [0.15, 0.2) is 24.5 Å². The lowest BCUT2D eigenvalue weighted by Gasteiger charge is -2.05. The quantitative estimate of drug-likeness (QED) is 0.771. The Labute approximate surface area is 103 Å². The molecule has 0 atom stereocenters. The van der Waals surface area contributed by atoms with E-state index in [0.29, 0.717) is 22.6 Å². The molecule has 0 saturated carbocycles. The molecule has 0 aromatic carbocycles. The molecule has 0 aliphatic heterocycles. The average molecular weight is 254 g/mol. The fourth-order valence-electron chi connectivity index (χ4n) is 1.35. The number of nitrogens with zero attached hydrogens (tertiary/aromatic N) is 3. The van der Waals surface area contributed by atoms with Gasteiger partial charge in [0.15, 0.2) is 5.82 Å². The van der Waals surface area contributed by atoms with Crippen molar-refractivity contribution in [3.05, 3.63) is 40.4 Å². The monoisotopic (exact) mass is 253 g/mol. The molecule has 2 aromatic rings. The van der Waals surface area contributed by atoms with E-state index in [0.717, 1.165) is 11.1 Å². The first kappa shape index (κ1) is 11.3. The van der Waals surface area contributed by atoms with Crippen molar-refractivity contribution in [3.8, 4) is 11.4 Å². The topological polar surface area (TPSA) is 38.7 Å². The van der Waals surface area contributed by atoms with Crippen LogP contribution in [0.1, 0.15) is 12.5 Å². The Morgan fingerprint density at radius 3 is 2.38 bits per heavy atom. The molecule has 0 bridgehead atoms. The van der Waals surface area contributed by atoms with Gasteiger partial charge in [-0.25, -0.2) is 9.97 Å². The van der Waals surface area contributed by atoms with Gasteiger partial charge in [0.2, 0.25) is 0 Å². The molecule has 82 valence electrons. The third-order valence-corrected chi connectivity index (χ3v) is 2.80. The molecule has 0 amide bonds. The van der Waals surface area contributed by atoms with Crippen LogP contribution in [-0.4, -0.2) is 15.0 Å². The van der Waals surface area contributed by atoms with E-state index < -0.39 is 0 Å². The first-order chi connectivity index (χ1) is 7.72. The lowest BCUT2D eigenvalue weighted by atomic mass is 10.2. The van der Waals surface area contributed by atoms with Crippen molar-refractivity contribution in [3.63, 3.8) is 0 Å². The Balaban J connectivity index is 2.53. The van der Waals surface area contributed by atoms with E-state index in [1.165, 1.54) is 0 Å². The Kier molecular flexibility index (Phi) is 3.36. The van der Waals surface area contributed by atoms with Crippen LogP contribution in [0, 0.1) is 0 Å². The van der Waals surface area contributed by atoms with Gasteiger partial charge in [0.25, 0.3) is 0 Å². The summed E-state index contributed by atoms with van der Waals surface area (Å²) in [6, 6.07) is 3.68. The van der Waals surface area contributed by atoms with Crippen molar-refractivity contribution >= 4 is 23.2 Å². The van der Waals surface area contributed by atoms with Crippen molar-refractivity contribution in [2.24, 2.45) is 0 Å². The molecule has 16 heavy (non-hydrogen) atoms. The van der Waals surface area contributed by atoms with Gasteiger partial charge in [-0.05, 0) is 18.6 Å². The summed E-state index contributed by atoms with van der Waals surface area (Å²) in [5.41, 5.74) is 1.57. The van der Waals surface area contributed by atoms with Crippen LogP contribution in [0.25, 0.3) is 11.4 Å². The van der Waals surface area contributed by atoms with Crippen LogP contribution >= 0.6 is 23.2 Å². The van der Waals surface area contributed by atoms with Crippen molar-refractivity contribution in [1.29, 1.82) is 0 Å². The highest BCUT2D eigenvalue weighted by atomic mass is 35.5. The highest BCUT2D eigenvalue weighted by Crippen LogP contribution is 2.25. The van der Waals surface area contributed by atoms with Gasteiger partial charge in [-0.2, -0.15) is 0 Å². The molecule has 0 aliphatic carbocycles. The minimum atomic E-state index is 0.404. The van der Waals surface area contributed by atoms with E-state index in [9.17, 15) is 0 Å². The van der Waals surface area contributed by atoms with E-state index >= 15 is 0 Å². The summed E-state index contributed by atoms with van der Waals surface area (Å²) in [5, 5.41) is 0.808. The summed E-state index contributed by atoms with van der Waals surface area (Å²) in [4.78, 5) is 12.4. The minimum absolute atomic E-state index is 0.404. The lowest BCUT2D eigenvalue weighted by molar-refractivity contribution is 1.05. The summed E-state index contributed by atoms with van der Waals surface area (Å²) in [6.07, 6.45) is 4.08. The van der Waals surface area contributed by atoms with E-state index in [4.69, 9.17) is 23.2 Å². The molecule has 0 fully saturated rings. The molecule has 2 rings (SSSR count). The van der Waals surface area contributed by atoms with Gasteiger partial charge in [0, 0.05) is 23.5 Å². The van der Waals surface area contributed by atoms with Gasteiger partial charge >= 0.3 is 0 Å². The van der Waals surface area contributed by atoms with Crippen molar-refractivity contribution in [1.82, 2.24) is 15.0 Å². The third-order valence-electron chi connectivity index (χ3n) is 2.18. The molecule has 2 aromatic heterocycles. The van der Waals surface area contributed by atoms with Crippen LogP contribution in [0.4, 0.5) is 0 Å². The zero-order valence-electron chi connectivity index (χ0n) is 8.61. The number of hydrogen-bond acceptors (Lipinski definition) is 3. The van der Waals surface area contributed by atoms with Crippen molar-refractivity contribution < 1.29 is 0 Å². The van der Waals surface area contributed by atoms with E-state index in [-0.39, 0.29) is 0 Å². The van der Waals surface area contributed by atoms with Gasteiger partial charge in [0.1, 0.15) is 10.3 Å². The smallest absolute Gasteiger partial charge is 0.164 e. The largest absolute Gasteiger partial charge is 0.264 e. The van der Waals surface area contributed by atoms with Gasteiger partial charge in [-0.1, -0.05) is 30.1 Å². The maximum absolute atomic E-state index is 6.03. The Bertz CT molecular complexity index is 477. The predicted molar refractivity (Wildman–Crippen MR) is 64.7 cm³/mol. The molecular formula is C11H9Cl2N3. The first-order valence-corrected chi connectivity index (χ1v) is 5.60. The molecule has 5 heteroatoms. The number of hydrogen-bond donors (Lipinski definition) is 0. The maximum Gasteiger partial charge on any atom is 0.164 e. The van der Waals surface area contributed by atoms with Crippen LogP contribution in [0.3, 0.4) is 0 Å². The average Bonchev–Trinajstić information content (AvgIpc) is 2.30. The van der Waals surface area contributed by atoms with E-state index in [2.05, 4.69) is 15.0 Å². The predicted octanol–water partition coefficient (Wildman–Crippen LogP) is 3.41. The molecular weight excluding hydrogens is 245 g/mol.